The SMILES string of the molecule is CN(CC(=O)Nc1cc(F)cc(N2CCOCC2)c1)c1ncnc2nc[nH]c12. The van der Waals surface area contributed by atoms with Crippen LogP contribution in [0.3, 0.4) is 0 Å². The number of rotatable bonds is 5. The average molecular weight is 385 g/mol. The lowest BCUT2D eigenvalue weighted by atomic mass is 10.2. The molecule has 28 heavy (non-hydrogen) atoms. The van der Waals surface area contributed by atoms with Gasteiger partial charge in [0, 0.05) is 31.5 Å². The average Bonchev–Trinajstić information content (AvgIpc) is 3.17. The van der Waals surface area contributed by atoms with E-state index in [1.807, 2.05) is 4.90 Å². The normalized spacial score (nSPS) is 14.3. The number of carbonyl (C=O) groups is 1. The van der Waals surface area contributed by atoms with E-state index in [1.165, 1.54) is 24.8 Å². The number of aromatic nitrogens is 4. The van der Waals surface area contributed by atoms with Crippen LogP contribution in [0.1, 0.15) is 0 Å². The predicted molar refractivity (Wildman–Crippen MR) is 103 cm³/mol. The molecule has 0 atom stereocenters. The standard InChI is InChI=1S/C18H20FN7O2/c1-25(18-16-17(21-10-20-16)22-11-23-18)9-15(27)24-13-6-12(19)7-14(8-13)26-2-4-28-5-3-26/h6-8,10-11H,2-5,9H2,1H3,(H,24,27)(H,20,21,22,23). The number of benzene rings is 1. The van der Waals surface area contributed by atoms with E-state index in [4.69, 9.17) is 4.74 Å². The van der Waals surface area contributed by atoms with Gasteiger partial charge in [-0.25, -0.2) is 19.3 Å². The monoisotopic (exact) mass is 385 g/mol. The number of nitrogens with zero attached hydrogens (tertiary/aromatic N) is 5. The molecule has 3 heterocycles. The molecule has 4 rings (SSSR count). The van der Waals surface area contributed by atoms with Crippen LogP contribution in [-0.2, 0) is 9.53 Å². The highest BCUT2D eigenvalue weighted by Crippen LogP contribution is 2.23. The third-order valence-electron chi connectivity index (χ3n) is 4.49. The van der Waals surface area contributed by atoms with Crippen LogP contribution in [0, 0.1) is 5.82 Å². The Morgan fingerprint density at radius 3 is 2.93 bits per heavy atom. The fourth-order valence-corrected chi connectivity index (χ4v) is 3.18. The fraction of sp³-hybridized carbons (Fsp3) is 0.333. The van der Waals surface area contributed by atoms with Gasteiger partial charge in [-0.2, -0.15) is 0 Å². The Labute approximate surface area is 160 Å². The first-order valence-electron chi connectivity index (χ1n) is 8.88. The third kappa shape index (κ3) is 3.86. The second kappa shape index (κ2) is 7.77. The second-order valence-corrected chi connectivity index (χ2v) is 6.50. The summed E-state index contributed by atoms with van der Waals surface area (Å²) < 4.78 is 19.4. The summed E-state index contributed by atoms with van der Waals surface area (Å²) in [6.07, 6.45) is 2.92. The van der Waals surface area contributed by atoms with Crippen LogP contribution in [0.5, 0.6) is 0 Å². The molecule has 1 aliphatic rings. The van der Waals surface area contributed by atoms with Crippen molar-refractivity contribution in [3.8, 4) is 0 Å². The van der Waals surface area contributed by atoms with Crippen molar-refractivity contribution in [1.82, 2.24) is 19.9 Å². The lowest BCUT2D eigenvalue weighted by Gasteiger charge is -2.29. The summed E-state index contributed by atoms with van der Waals surface area (Å²) in [6, 6.07) is 4.53. The predicted octanol–water partition coefficient (Wildman–Crippen LogP) is 1.40. The van der Waals surface area contributed by atoms with Crippen molar-refractivity contribution in [2.24, 2.45) is 0 Å². The zero-order valence-corrected chi connectivity index (χ0v) is 15.4. The smallest absolute Gasteiger partial charge is 0.243 e. The maximum Gasteiger partial charge on any atom is 0.243 e. The zero-order valence-electron chi connectivity index (χ0n) is 15.4. The lowest BCUT2D eigenvalue weighted by Crippen LogP contribution is -2.36. The Balaban J connectivity index is 1.46. The minimum atomic E-state index is -0.400. The summed E-state index contributed by atoms with van der Waals surface area (Å²) in [6.45, 7) is 2.61. The minimum absolute atomic E-state index is 0.0362. The molecular formula is C18H20FN7O2. The molecule has 1 fully saturated rings. The molecule has 3 aromatic rings. The van der Waals surface area contributed by atoms with E-state index in [9.17, 15) is 9.18 Å². The largest absolute Gasteiger partial charge is 0.378 e. The van der Waals surface area contributed by atoms with Crippen LogP contribution in [0.2, 0.25) is 0 Å². The van der Waals surface area contributed by atoms with Crippen LogP contribution >= 0.6 is 0 Å². The van der Waals surface area contributed by atoms with Gasteiger partial charge < -0.3 is 24.8 Å². The Hall–Kier alpha value is -3.27. The van der Waals surface area contributed by atoms with Crippen LogP contribution in [0.25, 0.3) is 11.2 Å². The van der Waals surface area contributed by atoms with E-state index in [0.29, 0.717) is 49.0 Å². The van der Waals surface area contributed by atoms with Crippen molar-refractivity contribution in [2.75, 3.05) is 55.0 Å². The van der Waals surface area contributed by atoms with Gasteiger partial charge in [0.05, 0.1) is 26.1 Å². The molecule has 1 aromatic carbocycles. The summed E-state index contributed by atoms with van der Waals surface area (Å²) in [5.74, 6) is -0.124. The Kier molecular flexibility index (Phi) is 5.02. The number of H-pyrrole nitrogens is 1. The van der Waals surface area contributed by atoms with Crippen molar-refractivity contribution in [2.45, 2.75) is 0 Å². The number of ether oxygens (including phenoxy) is 1. The maximum atomic E-state index is 14.1. The van der Waals surface area contributed by atoms with E-state index < -0.39 is 5.82 Å². The first-order chi connectivity index (χ1) is 13.6. The fourth-order valence-electron chi connectivity index (χ4n) is 3.18. The van der Waals surface area contributed by atoms with Crippen molar-refractivity contribution < 1.29 is 13.9 Å². The van der Waals surface area contributed by atoms with E-state index in [1.54, 1.807) is 18.0 Å². The highest BCUT2D eigenvalue weighted by Gasteiger charge is 2.16. The molecule has 146 valence electrons. The summed E-state index contributed by atoms with van der Waals surface area (Å²) in [5, 5.41) is 2.76. The van der Waals surface area contributed by atoms with Gasteiger partial charge in [0.1, 0.15) is 17.7 Å². The number of hydrogen-bond acceptors (Lipinski definition) is 7. The number of morpholine rings is 1. The number of likely N-dealkylation sites (N-methyl/N-ethyl adjacent to an activating group) is 1. The Bertz CT molecular complexity index is 987. The number of aromatic amines is 1. The molecule has 9 nitrogen and oxygen atoms in total. The second-order valence-electron chi connectivity index (χ2n) is 6.50. The number of fused-ring (bicyclic) bond motifs is 1. The molecule has 2 aromatic heterocycles. The maximum absolute atomic E-state index is 14.1. The van der Waals surface area contributed by atoms with Crippen LogP contribution in [-0.4, -0.2) is 65.7 Å². The minimum Gasteiger partial charge on any atom is -0.378 e. The molecule has 1 aliphatic heterocycles. The zero-order chi connectivity index (χ0) is 19.5. The topological polar surface area (TPSA) is 99.3 Å². The number of amides is 1. The third-order valence-corrected chi connectivity index (χ3v) is 4.49. The van der Waals surface area contributed by atoms with Gasteiger partial charge in [0.25, 0.3) is 0 Å². The number of hydrogen-bond donors (Lipinski definition) is 2. The van der Waals surface area contributed by atoms with E-state index in [2.05, 4.69) is 25.3 Å². The number of imidazole rings is 1. The molecule has 0 radical (unpaired) electrons. The van der Waals surface area contributed by atoms with Gasteiger partial charge in [0.15, 0.2) is 11.5 Å². The molecule has 1 saturated heterocycles. The number of anilines is 3. The molecule has 2 N–H and O–H groups in total. The van der Waals surface area contributed by atoms with Gasteiger partial charge >= 0.3 is 0 Å². The molecule has 0 spiro atoms. The molecular weight excluding hydrogens is 365 g/mol. The van der Waals surface area contributed by atoms with Gasteiger partial charge in [-0.05, 0) is 18.2 Å². The van der Waals surface area contributed by atoms with E-state index in [0.717, 1.165) is 5.69 Å². The molecule has 1 amide bonds. The number of halogens is 1. The van der Waals surface area contributed by atoms with Crippen molar-refractivity contribution in [3.63, 3.8) is 0 Å². The van der Waals surface area contributed by atoms with E-state index in [-0.39, 0.29) is 12.5 Å². The summed E-state index contributed by atoms with van der Waals surface area (Å²) >= 11 is 0. The highest BCUT2D eigenvalue weighted by atomic mass is 19.1. The van der Waals surface area contributed by atoms with Crippen molar-refractivity contribution in [1.29, 1.82) is 0 Å². The molecule has 0 aliphatic carbocycles. The first-order valence-corrected chi connectivity index (χ1v) is 8.88. The van der Waals surface area contributed by atoms with Gasteiger partial charge in [-0.1, -0.05) is 0 Å². The number of nitrogens with one attached hydrogen (secondary N) is 2. The highest BCUT2D eigenvalue weighted by molar-refractivity contribution is 5.95. The summed E-state index contributed by atoms with van der Waals surface area (Å²) in [4.78, 5) is 31.5. The molecule has 0 bridgehead atoms. The lowest BCUT2D eigenvalue weighted by molar-refractivity contribution is -0.114. The van der Waals surface area contributed by atoms with Gasteiger partial charge in [-0.15, -0.1) is 0 Å². The van der Waals surface area contributed by atoms with Crippen LogP contribution < -0.4 is 15.1 Å². The molecule has 0 unspecified atom stereocenters. The van der Waals surface area contributed by atoms with E-state index >= 15 is 0 Å². The Morgan fingerprint density at radius 1 is 1.29 bits per heavy atom. The van der Waals surface area contributed by atoms with Crippen molar-refractivity contribution in [3.05, 3.63) is 36.7 Å². The number of carbonyl (C=O) groups excluding carboxylic acids is 1. The van der Waals surface area contributed by atoms with Crippen molar-refractivity contribution >= 4 is 34.3 Å². The van der Waals surface area contributed by atoms with Gasteiger partial charge in [0.2, 0.25) is 5.91 Å². The summed E-state index contributed by atoms with van der Waals surface area (Å²) in [7, 11) is 1.74. The van der Waals surface area contributed by atoms with Crippen LogP contribution in [0.4, 0.5) is 21.6 Å². The van der Waals surface area contributed by atoms with Crippen LogP contribution in [0.15, 0.2) is 30.9 Å². The molecule has 10 heteroatoms. The Morgan fingerprint density at radius 2 is 2.11 bits per heavy atom. The quantitative estimate of drug-likeness (QED) is 0.685. The molecule has 0 saturated carbocycles. The van der Waals surface area contributed by atoms with Gasteiger partial charge in [-0.3, -0.25) is 4.79 Å². The first kappa shape index (κ1) is 18.1. The summed E-state index contributed by atoms with van der Waals surface area (Å²) in [5.41, 5.74) is 2.31.